The lowest BCUT2D eigenvalue weighted by Gasteiger charge is -1.94. The molecule has 1 aromatic rings. The van der Waals surface area contributed by atoms with Crippen molar-refractivity contribution >= 4 is 5.91 Å². The Kier molecular flexibility index (Phi) is 3.80. The third-order valence-corrected chi connectivity index (χ3v) is 1.03. The number of hydrogen-bond donors (Lipinski definition) is 2. The Labute approximate surface area is 65.8 Å². The van der Waals surface area contributed by atoms with Gasteiger partial charge in [-0.1, -0.05) is 13.8 Å². The van der Waals surface area contributed by atoms with Gasteiger partial charge in [0.25, 0.3) is 5.91 Å². The average molecular weight is 155 g/mol. The molecule has 0 spiro atoms. The standard InChI is InChI=1S/C5H7N3O.C2H6/c6-5(9)4-2-1-3-8(4)7;1-2/h1-3H,7H2,(H2,6,9);1-2H3. The molecular weight excluding hydrogens is 142 g/mol. The maximum Gasteiger partial charge on any atom is 0.267 e. The number of aromatic nitrogens is 1. The number of nitrogens with two attached hydrogens (primary N) is 2. The summed E-state index contributed by atoms with van der Waals surface area (Å²) in [5.74, 6) is 4.75. The molecule has 1 amide bonds. The van der Waals surface area contributed by atoms with Crippen molar-refractivity contribution in [3.8, 4) is 0 Å². The van der Waals surface area contributed by atoms with E-state index in [0.717, 1.165) is 0 Å². The van der Waals surface area contributed by atoms with Gasteiger partial charge in [0.1, 0.15) is 5.69 Å². The summed E-state index contributed by atoms with van der Waals surface area (Å²) < 4.78 is 1.18. The zero-order valence-electron chi connectivity index (χ0n) is 6.74. The molecule has 4 N–H and O–H groups in total. The number of amides is 1. The lowest BCUT2D eigenvalue weighted by atomic mass is 10.4. The van der Waals surface area contributed by atoms with Crippen LogP contribution in [0.3, 0.4) is 0 Å². The second-order valence-electron chi connectivity index (χ2n) is 1.66. The van der Waals surface area contributed by atoms with E-state index in [1.165, 1.54) is 4.68 Å². The molecule has 0 fully saturated rings. The minimum absolute atomic E-state index is 0.315. The Morgan fingerprint density at radius 1 is 1.55 bits per heavy atom. The first kappa shape index (κ1) is 9.55. The Hall–Kier alpha value is -1.45. The molecule has 0 aliphatic rings. The summed E-state index contributed by atoms with van der Waals surface area (Å²) in [6, 6.07) is 3.21. The van der Waals surface area contributed by atoms with Crippen LogP contribution in [-0.4, -0.2) is 10.6 Å². The Morgan fingerprint density at radius 2 is 2.09 bits per heavy atom. The summed E-state index contributed by atoms with van der Waals surface area (Å²) in [6.45, 7) is 4.00. The third-order valence-electron chi connectivity index (χ3n) is 1.03. The zero-order chi connectivity index (χ0) is 8.85. The average Bonchev–Trinajstić information content (AvgIpc) is 2.39. The number of carbonyl (C=O) groups excluding carboxylic acids is 1. The normalized spacial score (nSPS) is 8.18. The maximum atomic E-state index is 10.4. The monoisotopic (exact) mass is 155 g/mol. The molecule has 0 aliphatic carbocycles. The highest BCUT2D eigenvalue weighted by Gasteiger charge is 2.01. The maximum absolute atomic E-state index is 10.4. The first-order chi connectivity index (χ1) is 5.22. The van der Waals surface area contributed by atoms with E-state index in [2.05, 4.69) is 0 Å². The lowest BCUT2D eigenvalue weighted by Crippen LogP contribution is -2.20. The van der Waals surface area contributed by atoms with E-state index in [4.69, 9.17) is 11.6 Å². The largest absolute Gasteiger partial charge is 0.364 e. The Balaban J connectivity index is 0.000000461. The number of primary amides is 1. The van der Waals surface area contributed by atoms with Crippen LogP contribution in [0.5, 0.6) is 0 Å². The van der Waals surface area contributed by atoms with Gasteiger partial charge in [-0.3, -0.25) is 9.47 Å². The highest BCUT2D eigenvalue weighted by Crippen LogP contribution is 1.93. The van der Waals surface area contributed by atoms with Gasteiger partial charge in [-0.2, -0.15) is 0 Å². The summed E-state index contributed by atoms with van der Waals surface area (Å²) in [5.41, 5.74) is 5.23. The summed E-state index contributed by atoms with van der Waals surface area (Å²) in [6.07, 6.45) is 1.56. The van der Waals surface area contributed by atoms with Crippen molar-refractivity contribution in [1.82, 2.24) is 4.68 Å². The molecule has 0 atom stereocenters. The van der Waals surface area contributed by atoms with E-state index >= 15 is 0 Å². The van der Waals surface area contributed by atoms with E-state index in [-0.39, 0.29) is 0 Å². The number of rotatable bonds is 1. The second-order valence-corrected chi connectivity index (χ2v) is 1.66. The predicted molar refractivity (Wildman–Crippen MR) is 44.4 cm³/mol. The summed E-state index contributed by atoms with van der Waals surface area (Å²) in [4.78, 5) is 10.4. The van der Waals surface area contributed by atoms with E-state index in [0.29, 0.717) is 5.69 Å². The summed E-state index contributed by atoms with van der Waals surface area (Å²) in [5, 5.41) is 0. The predicted octanol–water partition coefficient (Wildman–Crippen LogP) is 0.327. The molecule has 11 heavy (non-hydrogen) atoms. The minimum atomic E-state index is -0.512. The van der Waals surface area contributed by atoms with E-state index < -0.39 is 5.91 Å². The molecule has 0 saturated carbocycles. The van der Waals surface area contributed by atoms with Crippen molar-refractivity contribution in [2.45, 2.75) is 13.8 Å². The van der Waals surface area contributed by atoms with Crippen molar-refractivity contribution in [3.05, 3.63) is 24.0 Å². The first-order valence-corrected chi connectivity index (χ1v) is 3.44. The van der Waals surface area contributed by atoms with Crippen molar-refractivity contribution in [2.24, 2.45) is 5.73 Å². The molecule has 4 heteroatoms. The van der Waals surface area contributed by atoms with Crippen molar-refractivity contribution < 1.29 is 4.79 Å². The van der Waals surface area contributed by atoms with Gasteiger partial charge in [-0.05, 0) is 12.1 Å². The van der Waals surface area contributed by atoms with Crippen LogP contribution in [0.15, 0.2) is 18.3 Å². The SMILES string of the molecule is CC.NC(=O)c1cccn1N. The van der Waals surface area contributed by atoms with Crippen LogP contribution in [0, 0.1) is 0 Å². The quantitative estimate of drug-likeness (QED) is 0.573. The highest BCUT2D eigenvalue weighted by molar-refractivity contribution is 5.91. The Morgan fingerprint density at radius 3 is 2.27 bits per heavy atom. The second kappa shape index (κ2) is 4.38. The number of nitrogen functional groups attached to an aromatic ring is 1. The fraction of sp³-hybridized carbons (Fsp3) is 0.286. The summed E-state index contributed by atoms with van der Waals surface area (Å²) in [7, 11) is 0. The van der Waals surface area contributed by atoms with Gasteiger partial charge in [-0.25, -0.2) is 0 Å². The molecule has 1 heterocycles. The fourth-order valence-corrected chi connectivity index (χ4v) is 0.603. The molecule has 0 bridgehead atoms. The van der Waals surface area contributed by atoms with Crippen molar-refractivity contribution in [2.75, 3.05) is 5.84 Å². The van der Waals surface area contributed by atoms with E-state index in [1.54, 1.807) is 18.3 Å². The molecule has 0 aromatic carbocycles. The molecule has 1 rings (SSSR count). The van der Waals surface area contributed by atoms with Gasteiger partial charge in [-0.15, -0.1) is 0 Å². The molecular formula is C7H13N3O. The van der Waals surface area contributed by atoms with Crippen LogP contribution in [0.4, 0.5) is 0 Å². The van der Waals surface area contributed by atoms with Crippen LogP contribution < -0.4 is 11.6 Å². The van der Waals surface area contributed by atoms with Gasteiger partial charge in [0, 0.05) is 6.20 Å². The lowest BCUT2D eigenvalue weighted by molar-refractivity contribution is 0.0993. The Bertz CT molecular complexity index is 229. The zero-order valence-corrected chi connectivity index (χ0v) is 6.74. The van der Waals surface area contributed by atoms with Crippen molar-refractivity contribution in [3.63, 3.8) is 0 Å². The van der Waals surface area contributed by atoms with Gasteiger partial charge >= 0.3 is 0 Å². The minimum Gasteiger partial charge on any atom is -0.364 e. The molecule has 0 radical (unpaired) electrons. The molecule has 4 nitrogen and oxygen atoms in total. The van der Waals surface area contributed by atoms with Gasteiger partial charge in [0.15, 0.2) is 0 Å². The highest BCUT2D eigenvalue weighted by atomic mass is 16.1. The topological polar surface area (TPSA) is 74.0 Å². The van der Waals surface area contributed by atoms with Crippen molar-refractivity contribution in [1.29, 1.82) is 0 Å². The molecule has 1 aromatic heterocycles. The van der Waals surface area contributed by atoms with Gasteiger partial charge < -0.3 is 11.6 Å². The molecule has 0 unspecified atom stereocenters. The smallest absolute Gasteiger partial charge is 0.267 e. The third kappa shape index (κ3) is 2.33. The summed E-state index contributed by atoms with van der Waals surface area (Å²) >= 11 is 0. The molecule has 0 saturated heterocycles. The van der Waals surface area contributed by atoms with Crippen LogP contribution in [0.25, 0.3) is 0 Å². The van der Waals surface area contributed by atoms with E-state index in [9.17, 15) is 4.79 Å². The first-order valence-electron chi connectivity index (χ1n) is 3.44. The number of hydrogen-bond acceptors (Lipinski definition) is 2. The van der Waals surface area contributed by atoms with Crippen LogP contribution in [-0.2, 0) is 0 Å². The van der Waals surface area contributed by atoms with E-state index in [1.807, 2.05) is 13.8 Å². The van der Waals surface area contributed by atoms with Gasteiger partial charge in [0.05, 0.1) is 0 Å². The van der Waals surface area contributed by atoms with Crippen LogP contribution in [0.1, 0.15) is 24.3 Å². The van der Waals surface area contributed by atoms with Crippen LogP contribution >= 0.6 is 0 Å². The van der Waals surface area contributed by atoms with Crippen LogP contribution in [0.2, 0.25) is 0 Å². The molecule has 0 aliphatic heterocycles. The molecule has 62 valence electrons. The number of nitrogens with zero attached hydrogens (tertiary/aromatic N) is 1. The number of carbonyl (C=O) groups is 1. The fourth-order valence-electron chi connectivity index (χ4n) is 0.603. The van der Waals surface area contributed by atoms with Gasteiger partial charge in [0.2, 0.25) is 0 Å².